The van der Waals surface area contributed by atoms with Crippen LogP contribution in [0.2, 0.25) is 0 Å². The van der Waals surface area contributed by atoms with Crippen LogP contribution in [0, 0.1) is 18.3 Å². The van der Waals surface area contributed by atoms with Gasteiger partial charge in [0, 0.05) is 23.4 Å². The maximum Gasteiger partial charge on any atom is 0.291 e. The number of benzene rings is 2. The highest BCUT2D eigenvalue weighted by atomic mass is 16.2. The van der Waals surface area contributed by atoms with Gasteiger partial charge in [-0.3, -0.25) is 19.4 Å². The molecule has 0 saturated heterocycles. The van der Waals surface area contributed by atoms with Crippen molar-refractivity contribution >= 4 is 29.0 Å². The van der Waals surface area contributed by atoms with E-state index in [4.69, 9.17) is 0 Å². The average Bonchev–Trinajstić information content (AvgIpc) is 2.83. The van der Waals surface area contributed by atoms with Crippen LogP contribution in [0.3, 0.4) is 0 Å². The lowest BCUT2D eigenvalue weighted by atomic mass is 10.1. The second-order valence-corrected chi connectivity index (χ2v) is 8.01. The predicted octanol–water partition coefficient (Wildman–Crippen LogP) is 4.84. The number of unbranched alkanes of at least 4 members (excludes halogenated alkanes) is 3. The van der Waals surface area contributed by atoms with Gasteiger partial charge in [0.05, 0.1) is 5.69 Å². The molecule has 0 fully saturated rings. The highest BCUT2D eigenvalue weighted by Gasteiger charge is 2.16. The van der Waals surface area contributed by atoms with E-state index in [1.807, 2.05) is 37.3 Å². The number of ketones is 1. The fourth-order valence-corrected chi connectivity index (χ4v) is 3.36. The molecule has 0 atom stereocenters. The second kappa shape index (κ2) is 11.6. The molecule has 0 saturated carbocycles. The Hall–Kier alpha value is -4.25. The van der Waals surface area contributed by atoms with Crippen LogP contribution in [0.25, 0.3) is 11.3 Å². The lowest BCUT2D eigenvalue weighted by Crippen LogP contribution is -2.22. The summed E-state index contributed by atoms with van der Waals surface area (Å²) in [5.74, 6) is -0.898. The zero-order chi connectivity index (χ0) is 24.5. The topological polar surface area (TPSA) is 128 Å². The van der Waals surface area contributed by atoms with Gasteiger partial charge >= 0.3 is 0 Å². The van der Waals surface area contributed by atoms with E-state index in [0.29, 0.717) is 17.7 Å². The average molecular weight is 458 g/mol. The molecule has 3 rings (SSSR count). The van der Waals surface area contributed by atoms with Crippen LogP contribution in [0.1, 0.15) is 50.2 Å². The maximum absolute atomic E-state index is 12.5. The van der Waals surface area contributed by atoms with Gasteiger partial charge in [-0.2, -0.15) is 5.26 Å². The summed E-state index contributed by atoms with van der Waals surface area (Å²) in [5.41, 5.74) is 2.34. The molecular formula is C26H27N5O3. The van der Waals surface area contributed by atoms with Gasteiger partial charge < -0.3 is 10.6 Å². The third kappa shape index (κ3) is 6.39. The molecule has 1 heterocycles. The molecule has 34 heavy (non-hydrogen) atoms. The van der Waals surface area contributed by atoms with Crippen molar-refractivity contribution in [2.24, 2.45) is 0 Å². The largest absolute Gasteiger partial charge is 0.326 e. The van der Waals surface area contributed by atoms with Gasteiger partial charge in [0.15, 0.2) is 0 Å². The fourth-order valence-electron chi connectivity index (χ4n) is 3.36. The van der Waals surface area contributed by atoms with Gasteiger partial charge in [-0.15, -0.1) is 0 Å². The first kappa shape index (κ1) is 24.4. The number of nitrogens with zero attached hydrogens (tertiary/aromatic N) is 2. The van der Waals surface area contributed by atoms with E-state index in [9.17, 15) is 19.6 Å². The molecule has 3 aromatic rings. The Morgan fingerprint density at radius 1 is 1.00 bits per heavy atom. The molecule has 8 nitrogen and oxygen atoms in total. The van der Waals surface area contributed by atoms with Crippen molar-refractivity contribution in [2.45, 2.75) is 46.0 Å². The molecule has 0 aliphatic carbocycles. The van der Waals surface area contributed by atoms with Crippen molar-refractivity contribution in [3.05, 3.63) is 70.0 Å². The van der Waals surface area contributed by atoms with E-state index in [0.717, 1.165) is 30.5 Å². The third-order valence-corrected chi connectivity index (χ3v) is 5.27. The molecule has 2 aromatic carbocycles. The van der Waals surface area contributed by atoms with Crippen LogP contribution in [-0.4, -0.2) is 21.7 Å². The summed E-state index contributed by atoms with van der Waals surface area (Å²) in [6.07, 6.45) is 3.95. The van der Waals surface area contributed by atoms with Crippen LogP contribution in [0.15, 0.2) is 53.3 Å². The van der Waals surface area contributed by atoms with Crippen molar-refractivity contribution in [3.63, 3.8) is 0 Å². The summed E-state index contributed by atoms with van der Waals surface area (Å²) < 4.78 is 0. The van der Waals surface area contributed by atoms with E-state index in [1.165, 1.54) is 0 Å². The van der Waals surface area contributed by atoms with Gasteiger partial charge in [-0.05, 0) is 37.6 Å². The lowest BCUT2D eigenvalue weighted by Gasteiger charge is -2.10. The number of hydrogen-bond donors (Lipinski definition) is 3. The molecule has 1 aromatic heterocycles. The number of hydrogen-bond acceptors (Lipinski definition) is 6. The minimum Gasteiger partial charge on any atom is -0.326 e. The van der Waals surface area contributed by atoms with Crippen LogP contribution in [0.5, 0.6) is 0 Å². The normalized spacial score (nSPS) is 10.4. The van der Waals surface area contributed by atoms with Crippen molar-refractivity contribution in [2.75, 3.05) is 10.6 Å². The quantitative estimate of drug-likeness (QED) is 0.295. The van der Waals surface area contributed by atoms with E-state index >= 15 is 0 Å². The SMILES string of the molecule is CCCCCCC(=O)C(=O)Nc1ccc(-c2nc(Nc3ccc(C)cc3)[nH]c(=O)c2C#N)cc1. The monoisotopic (exact) mass is 457 g/mol. The summed E-state index contributed by atoms with van der Waals surface area (Å²) in [6.45, 7) is 4.06. The maximum atomic E-state index is 12.5. The predicted molar refractivity (Wildman–Crippen MR) is 132 cm³/mol. The Kier molecular flexibility index (Phi) is 8.30. The highest BCUT2D eigenvalue weighted by Crippen LogP contribution is 2.23. The molecule has 0 spiro atoms. The number of aryl methyl sites for hydroxylation is 1. The van der Waals surface area contributed by atoms with E-state index < -0.39 is 17.2 Å². The number of anilines is 3. The van der Waals surface area contributed by atoms with Crippen LogP contribution < -0.4 is 16.2 Å². The Bertz CT molecular complexity index is 1260. The molecule has 3 N–H and O–H groups in total. The van der Waals surface area contributed by atoms with Crippen molar-refractivity contribution in [3.8, 4) is 17.3 Å². The van der Waals surface area contributed by atoms with Gasteiger partial charge in [0.25, 0.3) is 11.5 Å². The first-order valence-corrected chi connectivity index (χ1v) is 11.2. The van der Waals surface area contributed by atoms with Gasteiger partial charge in [0.2, 0.25) is 11.7 Å². The lowest BCUT2D eigenvalue weighted by molar-refractivity contribution is -0.134. The summed E-state index contributed by atoms with van der Waals surface area (Å²) >= 11 is 0. The van der Waals surface area contributed by atoms with Gasteiger partial charge in [-0.1, -0.05) is 56.0 Å². The number of nitrogens with one attached hydrogen (secondary N) is 3. The van der Waals surface area contributed by atoms with Crippen molar-refractivity contribution in [1.29, 1.82) is 5.26 Å². The molecular weight excluding hydrogens is 430 g/mol. The zero-order valence-electron chi connectivity index (χ0n) is 19.3. The summed E-state index contributed by atoms with van der Waals surface area (Å²) in [5, 5.41) is 15.1. The minimum absolute atomic E-state index is 0.117. The highest BCUT2D eigenvalue weighted by molar-refractivity contribution is 6.40. The van der Waals surface area contributed by atoms with Gasteiger partial charge in [0.1, 0.15) is 11.6 Å². The molecule has 0 radical (unpaired) electrons. The number of aromatic nitrogens is 2. The first-order chi connectivity index (χ1) is 16.4. The summed E-state index contributed by atoms with van der Waals surface area (Å²) in [4.78, 5) is 43.6. The van der Waals surface area contributed by atoms with E-state index in [-0.39, 0.29) is 23.6 Å². The number of carbonyl (C=O) groups excluding carboxylic acids is 2. The Morgan fingerprint density at radius 3 is 2.32 bits per heavy atom. The first-order valence-electron chi connectivity index (χ1n) is 11.2. The molecule has 1 amide bonds. The molecule has 0 bridgehead atoms. The summed E-state index contributed by atoms with van der Waals surface area (Å²) in [6, 6.07) is 16.0. The standard InChI is InChI=1S/C26H27N5O3/c1-3-4-5-6-7-22(32)25(34)28-19-14-10-18(11-15-19)23-21(16-27)24(33)31-26(30-23)29-20-12-8-17(2)9-13-20/h8-15H,3-7H2,1-2H3,(H,28,34)(H2,29,30,31,33). The third-order valence-electron chi connectivity index (χ3n) is 5.27. The smallest absolute Gasteiger partial charge is 0.291 e. The minimum atomic E-state index is -0.652. The molecule has 0 aliphatic heterocycles. The number of rotatable bonds is 10. The number of amides is 1. The number of carbonyl (C=O) groups is 2. The number of aromatic amines is 1. The molecule has 0 aliphatic rings. The fraction of sp³-hybridized carbons (Fsp3) is 0.269. The van der Waals surface area contributed by atoms with Crippen molar-refractivity contribution < 1.29 is 9.59 Å². The van der Waals surface area contributed by atoms with Gasteiger partial charge in [-0.25, -0.2) is 4.98 Å². The molecule has 174 valence electrons. The van der Waals surface area contributed by atoms with Crippen LogP contribution >= 0.6 is 0 Å². The summed E-state index contributed by atoms with van der Waals surface area (Å²) in [7, 11) is 0. The molecule has 0 unspecified atom stereocenters. The van der Waals surface area contributed by atoms with Crippen LogP contribution in [0.4, 0.5) is 17.3 Å². The van der Waals surface area contributed by atoms with Crippen LogP contribution in [-0.2, 0) is 9.59 Å². The second-order valence-electron chi connectivity index (χ2n) is 8.01. The number of H-pyrrole nitrogens is 1. The van der Waals surface area contributed by atoms with E-state index in [1.54, 1.807) is 24.3 Å². The van der Waals surface area contributed by atoms with Crippen molar-refractivity contribution in [1.82, 2.24) is 9.97 Å². The number of nitriles is 1. The Balaban J connectivity index is 1.76. The molecule has 8 heteroatoms. The zero-order valence-corrected chi connectivity index (χ0v) is 19.3. The number of Topliss-reactive ketones (excluding diaryl/α,β-unsaturated/α-hetero) is 1. The van der Waals surface area contributed by atoms with E-state index in [2.05, 4.69) is 27.5 Å². The Morgan fingerprint density at radius 2 is 1.68 bits per heavy atom. The Labute approximate surface area is 198 Å².